The molecule has 0 aliphatic heterocycles. The summed E-state index contributed by atoms with van der Waals surface area (Å²) < 4.78 is 5.78. The van der Waals surface area contributed by atoms with Gasteiger partial charge in [0.15, 0.2) is 0 Å². The Labute approximate surface area is 115 Å². The Bertz CT molecular complexity index is 453. The summed E-state index contributed by atoms with van der Waals surface area (Å²) >= 11 is 0. The van der Waals surface area contributed by atoms with Crippen LogP contribution in [0.5, 0.6) is 5.75 Å². The molecule has 0 heterocycles. The lowest BCUT2D eigenvalue weighted by molar-refractivity contribution is -0.123. The fourth-order valence-electron chi connectivity index (χ4n) is 1.74. The molecule has 106 valence electrons. The van der Waals surface area contributed by atoms with Crippen LogP contribution in [0.2, 0.25) is 0 Å². The third kappa shape index (κ3) is 4.24. The maximum atomic E-state index is 11.1. The highest BCUT2D eigenvalue weighted by Crippen LogP contribution is 2.27. The molecule has 0 radical (unpaired) electrons. The third-order valence-electron chi connectivity index (χ3n) is 3.23. The Morgan fingerprint density at radius 3 is 2.58 bits per heavy atom. The van der Waals surface area contributed by atoms with Crippen molar-refractivity contribution in [3.05, 3.63) is 29.3 Å². The van der Waals surface area contributed by atoms with Crippen molar-refractivity contribution in [2.75, 3.05) is 6.61 Å². The quantitative estimate of drug-likeness (QED) is 0.825. The van der Waals surface area contributed by atoms with E-state index in [1.165, 1.54) is 0 Å². The lowest BCUT2D eigenvalue weighted by atomic mass is 9.99. The molecule has 0 bridgehead atoms. The van der Waals surface area contributed by atoms with Gasteiger partial charge in [0.2, 0.25) is 5.91 Å². The zero-order valence-corrected chi connectivity index (χ0v) is 12.2. The molecule has 0 spiro atoms. The molecule has 0 aromatic heterocycles. The van der Waals surface area contributed by atoms with Gasteiger partial charge in [0.05, 0.1) is 12.1 Å². The molecule has 1 aromatic carbocycles. The van der Waals surface area contributed by atoms with E-state index in [9.17, 15) is 4.79 Å². The van der Waals surface area contributed by atoms with E-state index in [-0.39, 0.29) is 0 Å². The lowest BCUT2D eigenvalue weighted by Crippen LogP contribution is -2.50. The summed E-state index contributed by atoms with van der Waals surface area (Å²) in [4.78, 5) is 11.1. The van der Waals surface area contributed by atoms with Gasteiger partial charge in [-0.15, -0.1) is 0 Å². The largest absolute Gasteiger partial charge is 0.493 e. The van der Waals surface area contributed by atoms with Gasteiger partial charge >= 0.3 is 0 Å². The molecule has 0 saturated carbocycles. The molecule has 1 unspecified atom stereocenters. The van der Waals surface area contributed by atoms with Gasteiger partial charge in [-0.25, -0.2) is 0 Å². The molecule has 0 aliphatic carbocycles. The zero-order valence-electron chi connectivity index (χ0n) is 12.2. The van der Waals surface area contributed by atoms with Gasteiger partial charge in [0.1, 0.15) is 5.75 Å². The van der Waals surface area contributed by atoms with Crippen molar-refractivity contribution in [3.63, 3.8) is 0 Å². The molecule has 4 N–H and O–H groups in total. The average Bonchev–Trinajstić information content (AvgIpc) is 2.28. The highest BCUT2D eigenvalue weighted by molar-refractivity contribution is 5.83. The molecule has 1 rings (SSSR count). The standard InChI is InChI=1S/C15H24N2O2/c1-10(2)12-6-5-11(3)9-13(12)19-8-7-15(4,17)14(16)18/h5-6,9-10H,7-8,17H2,1-4H3,(H2,16,18). The maximum absolute atomic E-state index is 11.1. The molecule has 1 amide bonds. The first-order valence-corrected chi connectivity index (χ1v) is 6.56. The Balaban J connectivity index is 2.72. The van der Waals surface area contributed by atoms with Crippen LogP contribution >= 0.6 is 0 Å². The van der Waals surface area contributed by atoms with Crippen LogP contribution in [0.3, 0.4) is 0 Å². The maximum Gasteiger partial charge on any atom is 0.237 e. The van der Waals surface area contributed by atoms with Gasteiger partial charge in [-0.2, -0.15) is 0 Å². The Morgan fingerprint density at radius 2 is 2.05 bits per heavy atom. The van der Waals surface area contributed by atoms with Crippen molar-refractivity contribution in [3.8, 4) is 5.75 Å². The topological polar surface area (TPSA) is 78.3 Å². The molecular formula is C15H24N2O2. The number of hydrogen-bond acceptors (Lipinski definition) is 3. The molecule has 19 heavy (non-hydrogen) atoms. The highest BCUT2D eigenvalue weighted by Gasteiger charge is 2.25. The monoisotopic (exact) mass is 264 g/mol. The molecule has 4 heteroatoms. The second kappa shape index (κ2) is 6.06. The first-order chi connectivity index (χ1) is 8.74. The van der Waals surface area contributed by atoms with Crippen LogP contribution in [0, 0.1) is 6.92 Å². The van der Waals surface area contributed by atoms with E-state index in [0.717, 1.165) is 16.9 Å². The average molecular weight is 264 g/mol. The summed E-state index contributed by atoms with van der Waals surface area (Å²) in [5, 5.41) is 0. The van der Waals surface area contributed by atoms with Crippen LogP contribution in [0.25, 0.3) is 0 Å². The van der Waals surface area contributed by atoms with E-state index in [0.29, 0.717) is 18.9 Å². The zero-order chi connectivity index (χ0) is 14.6. The fourth-order valence-corrected chi connectivity index (χ4v) is 1.74. The number of nitrogens with two attached hydrogens (primary N) is 2. The summed E-state index contributed by atoms with van der Waals surface area (Å²) in [6.07, 6.45) is 0.397. The number of primary amides is 1. The van der Waals surface area contributed by atoms with Crippen molar-refractivity contribution < 1.29 is 9.53 Å². The molecule has 0 aliphatic rings. The van der Waals surface area contributed by atoms with Gasteiger partial charge in [-0.3, -0.25) is 4.79 Å². The first-order valence-electron chi connectivity index (χ1n) is 6.56. The molecule has 1 atom stereocenters. The second-order valence-corrected chi connectivity index (χ2v) is 5.58. The first kappa shape index (κ1) is 15.5. The number of hydrogen-bond donors (Lipinski definition) is 2. The molecule has 0 saturated heterocycles. The highest BCUT2D eigenvalue weighted by atomic mass is 16.5. The van der Waals surface area contributed by atoms with Crippen LogP contribution in [0.15, 0.2) is 18.2 Å². The summed E-state index contributed by atoms with van der Waals surface area (Å²) in [6, 6.07) is 6.15. The third-order valence-corrected chi connectivity index (χ3v) is 3.23. The number of carbonyl (C=O) groups is 1. The molecule has 4 nitrogen and oxygen atoms in total. The normalized spacial score (nSPS) is 14.2. The van der Waals surface area contributed by atoms with E-state index < -0.39 is 11.4 Å². The smallest absolute Gasteiger partial charge is 0.237 e. The van der Waals surface area contributed by atoms with Crippen LogP contribution in [-0.2, 0) is 4.79 Å². The predicted molar refractivity (Wildman–Crippen MR) is 77.2 cm³/mol. The Kier molecular flexibility index (Phi) is 4.95. The van der Waals surface area contributed by atoms with Gasteiger partial charge in [-0.05, 0) is 37.0 Å². The Morgan fingerprint density at radius 1 is 1.42 bits per heavy atom. The van der Waals surface area contributed by atoms with E-state index in [1.807, 2.05) is 13.0 Å². The van der Waals surface area contributed by atoms with Crippen molar-refractivity contribution in [1.29, 1.82) is 0 Å². The second-order valence-electron chi connectivity index (χ2n) is 5.58. The molecular weight excluding hydrogens is 240 g/mol. The van der Waals surface area contributed by atoms with Crippen molar-refractivity contribution >= 4 is 5.91 Å². The predicted octanol–water partition coefficient (Wildman–Crippen LogP) is 2.09. The number of rotatable bonds is 6. The van der Waals surface area contributed by atoms with Crippen LogP contribution in [0.1, 0.15) is 44.2 Å². The number of benzene rings is 1. The van der Waals surface area contributed by atoms with Crippen molar-refractivity contribution in [2.24, 2.45) is 11.5 Å². The number of aryl methyl sites for hydroxylation is 1. The van der Waals surface area contributed by atoms with Gasteiger partial charge in [0.25, 0.3) is 0 Å². The molecule has 0 fully saturated rings. The van der Waals surface area contributed by atoms with E-state index in [1.54, 1.807) is 6.92 Å². The van der Waals surface area contributed by atoms with Crippen LogP contribution in [0.4, 0.5) is 0 Å². The fraction of sp³-hybridized carbons (Fsp3) is 0.533. The van der Waals surface area contributed by atoms with Crippen LogP contribution in [-0.4, -0.2) is 18.1 Å². The summed E-state index contributed by atoms with van der Waals surface area (Å²) in [5.74, 6) is 0.732. The minimum Gasteiger partial charge on any atom is -0.493 e. The number of carbonyl (C=O) groups excluding carboxylic acids is 1. The number of amides is 1. The minimum atomic E-state index is -1.03. The van der Waals surface area contributed by atoms with Crippen molar-refractivity contribution in [2.45, 2.75) is 45.6 Å². The van der Waals surface area contributed by atoms with Gasteiger partial charge < -0.3 is 16.2 Å². The van der Waals surface area contributed by atoms with Crippen molar-refractivity contribution in [1.82, 2.24) is 0 Å². The van der Waals surface area contributed by atoms with Crippen LogP contribution < -0.4 is 16.2 Å². The number of ether oxygens (including phenoxy) is 1. The van der Waals surface area contributed by atoms with Gasteiger partial charge in [0, 0.05) is 6.42 Å². The SMILES string of the molecule is Cc1ccc(C(C)C)c(OCCC(C)(N)C(N)=O)c1. The summed E-state index contributed by atoms with van der Waals surface area (Å²) in [7, 11) is 0. The summed E-state index contributed by atoms with van der Waals surface area (Å²) in [5.41, 5.74) is 12.3. The Hall–Kier alpha value is -1.55. The minimum absolute atomic E-state index is 0.374. The molecule has 1 aromatic rings. The van der Waals surface area contributed by atoms with E-state index in [2.05, 4.69) is 26.0 Å². The lowest BCUT2D eigenvalue weighted by Gasteiger charge is -2.21. The van der Waals surface area contributed by atoms with E-state index >= 15 is 0 Å². The van der Waals surface area contributed by atoms with E-state index in [4.69, 9.17) is 16.2 Å². The van der Waals surface area contributed by atoms with Gasteiger partial charge in [-0.1, -0.05) is 26.0 Å². The summed E-state index contributed by atoms with van der Waals surface area (Å²) in [6.45, 7) is 8.26.